The van der Waals surface area contributed by atoms with Crippen molar-refractivity contribution in [3.05, 3.63) is 59.0 Å². The molecular formula is C24H25N3O3S2. The summed E-state index contributed by atoms with van der Waals surface area (Å²) in [5.74, 6) is 0.165. The number of carbonyl (C=O) groups is 1. The first-order valence-electron chi connectivity index (χ1n) is 10.9. The normalized spacial score (nSPS) is 16.3. The fourth-order valence-electron chi connectivity index (χ4n) is 4.60. The lowest BCUT2D eigenvalue weighted by Crippen LogP contribution is -2.29. The van der Waals surface area contributed by atoms with E-state index in [0.717, 1.165) is 53.1 Å². The maximum Gasteiger partial charge on any atom is 0.264 e. The topological polar surface area (TPSA) is 79.4 Å². The summed E-state index contributed by atoms with van der Waals surface area (Å²) in [5, 5.41) is 3.62. The van der Waals surface area contributed by atoms with Crippen LogP contribution in [0.25, 0.3) is 11.3 Å². The Kier molecular flexibility index (Phi) is 5.51. The third kappa shape index (κ3) is 3.82. The summed E-state index contributed by atoms with van der Waals surface area (Å²) in [7, 11) is -3.58. The third-order valence-electron chi connectivity index (χ3n) is 6.29. The lowest BCUT2D eigenvalue weighted by molar-refractivity contribution is -0.119. The number of hydrogen-bond acceptors (Lipinski definition) is 5. The van der Waals surface area contributed by atoms with Crippen LogP contribution in [0.5, 0.6) is 0 Å². The van der Waals surface area contributed by atoms with Crippen molar-refractivity contribution < 1.29 is 13.2 Å². The van der Waals surface area contributed by atoms with Gasteiger partial charge in [-0.3, -0.25) is 9.10 Å². The second-order valence-corrected chi connectivity index (χ2v) is 11.4. The zero-order valence-corrected chi connectivity index (χ0v) is 19.5. The Morgan fingerprint density at radius 2 is 1.88 bits per heavy atom. The van der Waals surface area contributed by atoms with Gasteiger partial charge in [-0.25, -0.2) is 13.4 Å². The first-order chi connectivity index (χ1) is 15.4. The first kappa shape index (κ1) is 21.2. The molecule has 2 aliphatic rings. The van der Waals surface area contributed by atoms with Crippen LogP contribution in [0, 0.1) is 12.8 Å². The zero-order chi connectivity index (χ0) is 22.3. The molecule has 5 rings (SSSR count). The number of aryl methyl sites for hydroxylation is 1. The molecule has 0 saturated heterocycles. The molecule has 3 aromatic rings. The maximum atomic E-state index is 13.1. The van der Waals surface area contributed by atoms with Gasteiger partial charge in [-0.15, -0.1) is 11.3 Å². The average Bonchev–Trinajstić information content (AvgIpc) is 3.54. The van der Waals surface area contributed by atoms with E-state index >= 15 is 0 Å². The average molecular weight is 468 g/mol. The van der Waals surface area contributed by atoms with Crippen LogP contribution in [0.3, 0.4) is 0 Å². The molecule has 1 saturated carbocycles. The fourth-order valence-corrected chi connectivity index (χ4v) is 6.96. The van der Waals surface area contributed by atoms with Crippen LogP contribution in [0.15, 0.2) is 53.4 Å². The number of benzene rings is 2. The third-order valence-corrected chi connectivity index (χ3v) is 9.00. The van der Waals surface area contributed by atoms with Gasteiger partial charge in [0.2, 0.25) is 5.91 Å². The van der Waals surface area contributed by atoms with Crippen molar-refractivity contribution in [2.75, 3.05) is 16.2 Å². The van der Waals surface area contributed by atoms with Gasteiger partial charge in [0.05, 0.1) is 16.3 Å². The molecule has 2 heterocycles. The predicted octanol–water partition coefficient (Wildman–Crippen LogP) is 5.00. The van der Waals surface area contributed by atoms with E-state index in [9.17, 15) is 13.2 Å². The molecule has 1 aromatic heterocycles. The van der Waals surface area contributed by atoms with Gasteiger partial charge in [-0.05, 0) is 56.0 Å². The second-order valence-electron chi connectivity index (χ2n) is 8.38. The molecule has 6 nitrogen and oxygen atoms in total. The highest BCUT2D eigenvalue weighted by molar-refractivity contribution is 7.92. The van der Waals surface area contributed by atoms with E-state index in [-0.39, 0.29) is 11.8 Å². The summed E-state index contributed by atoms with van der Waals surface area (Å²) >= 11 is 1.48. The number of aromatic nitrogens is 1. The molecule has 2 aromatic carbocycles. The summed E-state index contributed by atoms with van der Waals surface area (Å²) in [6, 6.07) is 14.4. The molecule has 0 atom stereocenters. The molecular weight excluding hydrogens is 442 g/mol. The van der Waals surface area contributed by atoms with Crippen molar-refractivity contribution in [1.29, 1.82) is 0 Å². The minimum Gasteiger partial charge on any atom is -0.302 e. The summed E-state index contributed by atoms with van der Waals surface area (Å²) in [6.45, 7) is 2.42. The van der Waals surface area contributed by atoms with E-state index in [0.29, 0.717) is 23.0 Å². The largest absolute Gasteiger partial charge is 0.302 e. The van der Waals surface area contributed by atoms with Gasteiger partial charge in [-0.2, -0.15) is 0 Å². The summed E-state index contributed by atoms with van der Waals surface area (Å²) in [5.41, 5.74) is 3.49. The van der Waals surface area contributed by atoms with Crippen molar-refractivity contribution in [2.24, 2.45) is 5.92 Å². The Balaban J connectivity index is 1.39. The molecule has 0 bridgehead atoms. The lowest BCUT2D eigenvalue weighted by Gasteiger charge is -2.19. The Morgan fingerprint density at radius 1 is 1.12 bits per heavy atom. The molecule has 1 N–H and O–H groups in total. The minimum absolute atomic E-state index is 0.0681. The number of carbonyl (C=O) groups excluding carboxylic acids is 1. The Bertz CT molecular complexity index is 1260. The quantitative estimate of drug-likeness (QED) is 0.573. The smallest absolute Gasteiger partial charge is 0.264 e. The van der Waals surface area contributed by atoms with Crippen molar-refractivity contribution in [1.82, 2.24) is 4.98 Å². The molecule has 0 unspecified atom stereocenters. The van der Waals surface area contributed by atoms with Gasteiger partial charge in [-0.1, -0.05) is 37.1 Å². The van der Waals surface area contributed by atoms with Gasteiger partial charge >= 0.3 is 0 Å². The van der Waals surface area contributed by atoms with Gasteiger partial charge in [0.15, 0.2) is 5.13 Å². The second kappa shape index (κ2) is 8.33. The highest BCUT2D eigenvalue weighted by Gasteiger charge is 2.31. The molecule has 0 spiro atoms. The standard InChI is InChI=1S/C24H25N3O3S2/c1-16-22(25-24(31-16)26-23(28)17-7-5-6-8-17)19-11-12-21-18(15-19)13-14-27(21)32(29,30)20-9-3-2-4-10-20/h2-4,9-12,15,17H,5-8,13-14H2,1H3,(H,25,26,28). The number of thiazole rings is 1. The van der Waals surface area contributed by atoms with Crippen molar-refractivity contribution in [2.45, 2.75) is 43.9 Å². The van der Waals surface area contributed by atoms with Crippen molar-refractivity contribution >= 4 is 38.1 Å². The van der Waals surface area contributed by atoms with Crippen LogP contribution >= 0.6 is 11.3 Å². The monoisotopic (exact) mass is 467 g/mol. The molecule has 166 valence electrons. The molecule has 32 heavy (non-hydrogen) atoms. The molecule has 1 aliphatic heterocycles. The molecule has 1 amide bonds. The minimum atomic E-state index is -3.58. The molecule has 8 heteroatoms. The number of anilines is 2. The number of fused-ring (bicyclic) bond motifs is 1. The van der Waals surface area contributed by atoms with Crippen LogP contribution < -0.4 is 9.62 Å². The van der Waals surface area contributed by atoms with Crippen molar-refractivity contribution in [3.63, 3.8) is 0 Å². The number of nitrogens with one attached hydrogen (secondary N) is 1. The van der Waals surface area contributed by atoms with Crippen LogP contribution in [0.2, 0.25) is 0 Å². The molecule has 1 fully saturated rings. The number of amides is 1. The zero-order valence-electron chi connectivity index (χ0n) is 17.9. The van der Waals surface area contributed by atoms with E-state index in [2.05, 4.69) is 10.3 Å². The fraction of sp³-hybridized carbons (Fsp3) is 0.333. The highest BCUT2D eigenvalue weighted by atomic mass is 32.2. The lowest BCUT2D eigenvalue weighted by atomic mass is 10.1. The first-order valence-corrected chi connectivity index (χ1v) is 13.2. The van der Waals surface area contributed by atoms with E-state index < -0.39 is 10.0 Å². The van der Waals surface area contributed by atoms with E-state index in [1.165, 1.54) is 15.6 Å². The Labute approximate surface area is 192 Å². The number of hydrogen-bond donors (Lipinski definition) is 1. The SMILES string of the molecule is Cc1sc(NC(=O)C2CCCC2)nc1-c1ccc2c(c1)CCN2S(=O)(=O)c1ccccc1. The number of sulfonamides is 1. The van der Waals surface area contributed by atoms with Crippen LogP contribution in [0.4, 0.5) is 10.8 Å². The van der Waals surface area contributed by atoms with Gasteiger partial charge in [0, 0.05) is 22.9 Å². The van der Waals surface area contributed by atoms with Crippen LogP contribution in [0.1, 0.15) is 36.1 Å². The van der Waals surface area contributed by atoms with E-state index in [1.54, 1.807) is 24.3 Å². The number of nitrogens with zero attached hydrogens (tertiary/aromatic N) is 2. The Hall–Kier alpha value is -2.71. The van der Waals surface area contributed by atoms with Gasteiger partial charge < -0.3 is 5.32 Å². The van der Waals surface area contributed by atoms with Gasteiger partial charge in [0.1, 0.15) is 0 Å². The van der Waals surface area contributed by atoms with Crippen LogP contribution in [-0.4, -0.2) is 25.9 Å². The Morgan fingerprint density at radius 3 is 2.62 bits per heavy atom. The summed E-state index contributed by atoms with van der Waals surface area (Å²) in [4.78, 5) is 18.5. The van der Waals surface area contributed by atoms with Crippen LogP contribution in [-0.2, 0) is 21.2 Å². The van der Waals surface area contributed by atoms with Crippen molar-refractivity contribution in [3.8, 4) is 11.3 Å². The van der Waals surface area contributed by atoms with E-state index in [1.807, 2.05) is 31.2 Å². The predicted molar refractivity (Wildman–Crippen MR) is 128 cm³/mol. The molecule has 1 aliphatic carbocycles. The van der Waals surface area contributed by atoms with E-state index in [4.69, 9.17) is 0 Å². The molecule has 0 radical (unpaired) electrons. The summed E-state index contributed by atoms with van der Waals surface area (Å²) in [6.07, 6.45) is 4.80. The maximum absolute atomic E-state index is 13.1. The summed E-state index contributed by atoms with van der Waals surface area (Å²) < 4.78 is 27.7. The highest BCUT2D eigenvalue weighted by Crippen LogP contribution is 2.38. The van der Waals surface area contributed by atoms with Gasteiger partial charge in [0.25, 0.3) is 10.0 Å². The number of rotatable bonds is 5.